The Morgan fingerprint density at radius 3 is 1.92 bits per heavy atom. The van der Waals surface area contributed by atoms with Crippen molar-refractivity contribution >= 4 is 11.9 Å². The second-order valence-corrected chi connectivity index (χ2v) is 8.30. The standard InChI is InChI=1S/C14H28N2.C4H4O4/c1-12(2)5-6-16-10-13(3)7-14(4,11-16)9-15-8-13;5-3(6)1-2-4(7)8/h12,15H,5-11H2,1-4H3;1-2H,(H,5,6)(H,7,8)/b;2-1+. The molecule has 0 aliphatic carbocycles. The quantitative estimate of drug-likeness (QED) is 0.664. The van der Waals surface area contributed by atoms with Crippen LogP contribution in [0.1, 0.15) is 40.5 Å². The summed E-state index contributed by atoms with van der Waals surface area (Å²) in [5.74, 6) is -1.68. The van der Waals surface area contributed by atoms with E-state index in [-0.39, 0.29) is 0 Å². The summed E-state index contributed by atoms with van der Waals surface area (Å²) in [6, 6.07) is 0. The van der Waals surface area contributed by atoms with E-state index in [0.29, 0.717) is 23.0 Å². The van der Waals surface area contributed by atoms with Crippen LogP contribution >= 0.6 is 0 Å². The molecule has 0 saturated carbocycles. The zero-order valence-electron chi connectivity index (χ0n) is 15.3. The maximum atomic E-state index is 9.55. The zero-order chi connectivity index (χ0) is 18.4. The summed E-state index contributed by atoms with van der Waals surface area (Å²) in [5.41, 5.74) is 1.03. The molecule has 6 heteroatoms. The van der Waals surface area contributed by atoms with E-state index in [1.165, 1.54) is 45.6 Å². The summed E-state index contributed by atoms with van der Waals surface area (Å²) in [6.45, 7) is 15.9. The highest BCUT2D eigenvalue weighted by Crippen LogP contribution is 2.42. The summed E-state index contributed by atoms with van der Waals surface area (Å²) < 4.78 is 0. The Morgan fingerprint density at radius 2 is 1.54 bits per heavy atom. The predicted octanol–water partition coefficient (Wildman–Crippen LogP) is 2.07. The smallest absolute Gasteiger partial charge is 0.328 e. The van der Waals surface area contributed by atoms with Gasteiger partial charge in [0.15, 0.2) is 0 Å². The number of carboxylic acids is 2. The lowest BCUT2D eigenvalue weighted by molar-refractivity contribution is -0.134. The third kappa shape index (κ3) is 7.45. The van der Waals surface area contributed by atoms with Crippen molar-refractivity contribution in [3.63, 3.8) is 0 Å². The van der Waals surface area contributed by atoms with Crippen LogP contribution in [0, 0.1) is 16.7 Å². The van der Waals surface area contributed by atoms with Gasteiger partial charge >= 0.3 is 11.9 Å². The number of carboxylic acid groups (broad SMARTS) is 2. The van der Waals surface area contributed by atoms with Crippen molar-refractivity contribution in [3.8, 4) is 0 Å². The summed E-state index contributed by atoms with van der Waals surface area (Å²) in [4.78, 5) is 21.8. The van der Waals surface area contributed by atoms with E-state index in [4.69, 9.17) is 10.2 Å². The van der Waals surface area contributed by atoms with Crippen LogP contribution in [0.15, 0.2) is 12.2 Å². The minimum Gasteiger partial charge on any atom is -0.478 e. The lowest BCUT2D eigenvalue weighted by atomic mass is 9.66. The van der Waals surface area contributed by atoms with Crippen molar-refractivity contribution in [1.29, 1.82) is 0 Å². The summed E-state index contributed by atoms with van der Waals surface area (Å²) >= 11 is 0. The third-order valence-corrected chi connectivity index (χ3v) is 4.56. The normalized spacial score (nSPS) is 30.0. The van der Waals surface area contributed by atoms with E-state index in [2.05, 4.69) is 37.9 Å². The second-order valence-electron chi connectivity index (χ2n) is 8.30. The monoisotopic (exact) mass is 340 g/mol. The highest BCUT2D eigenvalue weighted by Gasteiger charge is 2.45. The van der Waals surface area contributed by atoms with Gasteiger partial charge in [-0.1, -0.05) is 27.7 Å². The van der Waals surface area contributed by atoms with Gasteiger partial charge in [-0.05, 0) is 36.1 Å². The van der Waals surface area contributed by atoms with Crippen molar-refractivity contribution < 1.29 is 19.8 Å². The lowest BCUT2D eigenvalue weighted by Crippen LogP contribution is -2.61. The van der Waals surface area contributed by atoms with E-state index < -0.39 is 11.9 Å². The molecule has 2 aliphatic rings. The molecule has 2 rings (SSSR count). The van der Waals surface area contributed by atoms with Gasteiger partial charge in [0.25, 0.3) is 0 Å². The molecule has 0 spiro atoms. The predicted molar refractivity (Wildman–Crippen MR) is 94.0 cm³/mol. The molecule has 2 unspecified atom stereocenters. The molecule has 24 heavy (non-hydrogen) atoms. The van der Waals surface area contributed by atoms with Crippen LogP contribution in [-0.4, -0.2) is 59.8 Å². The Balaban J connectivity index is 0.000000307. The molecule has 3 N–H and O–H groups in total. The number of carbonyl (C=O) groups is 2. The highest BCUT2D eigenvalue weighted by atomic mass is 16.4. The van der Waals surface area contributed by atoms with Gasteiger partial charge < -0.3 is 20.4 Å². The van der Waals surface area contributed by atoms with E-state index in [0.717, 1.165) is 5.92 Å². The van der Waals surface area contributed by atoms with Gasteiger partial charge in [0.1, 0.15) is 0 Å². The largest absolute Gasteiger partial charge is 0.478 e. The molecule has 2 heterocycles. The Labute approximate surface area is 144 Å². The second kappa shape index (κ2) is 8.62. The molecular weight excluding hydrogens is 308 g/mol. The fourth-order valence-corrected chi connectivity index (χ4v) is 3.92. The minimum absolute atomic E-state index is 0.516. The van der Waals surface area contributed by atoms with Crippen molar-refractivity contribution in [2.45, 2.75) is 40.5 Å². The first-order valence-electron chi connectivity index (χ1n) is 8.61. The Bertz CT molecular complexity index is 444. The summed E-state index contributed by atoms with van der Waals surface area (Å²) in [5, 5.41) is 19.3. The molecule has 0 aromatic heterocycles. The molecule has 2 saturated heterocycles. The van der Waals surface area contributed by atoms with E-state index >= 15 is 0 Å². The van der Waals surface area contributed by atoms with Gasteiger partial charge in [-0.25, -0.2) is 9.59 Å². The molecule has 0 amide bonds. The van der Waals surface area contributed by atoms with Gasteiger partial charge in [0, 0.05) is 38.3 Å². The minimum atomic E-state index is -1.26. The van der Waals surface area contributed by atoms with Crippen molar-refractivity contribution in [2.24, 2.45) is 16.7 Å². The molecule has 2 aliphatic heterocycles. The number of fused-ring (bicyclic) bond motifs is 2. The third-order valence-electron chi connectivity index (χ3n) is 4.56. The number of piperidine rings is 2. The van der Waals surface area contributed by atoms with Gasteiger partial charge in [-0.2, -0.15) is 0 Å². The molecule has 0 aromatic rings. The topological polar surface area (TPSA) is 89.9 Å². The highest BCUT2D eigenvalue weighted by molar-refractivity contribution is 5.89. The van der Waals surface area contributed by atoms with E-state index in [9.17, 15) is 9.59 Å². The van der Waals surface area contributed by atoms with Crippen molar-refractivity contribution in [1.82, 2.24) is 10.2 Å². The van der Waals surface area contributed by atoms with Gasteiger partial charge in [0.2, 0.25) is 0 Å². The first kappa shape index (κ1) is 20.6. The molecule has 2 fully saturated rings. The van der Waals surface area contributed by atoms with Crippen LogP contribution in [0.2, 0.25) is 0 Å². The van der Waals surface area contributed by atoms with Crippen LogP contribution in [-0.2, 0) is 9.59 Å². The average molecular weight is 340 g/mol. The maximum absolute atomic E-state index is 9.55. The van der Waals surface area contributed by atoms with E-state index in [1.807, 2.05) is 0 Å². The number of nitrogens with zero attached hydrogens (tertiary/aromatic N) is 1. The number of hydrogen-bond acceptors (Lipinski definition) is 4. The summed E-state index contributed by atoms with van der Waals surface area (Å²) in [7, 11) is 0. The molecule has 2 bridgehead atoms. The van der Waals surface area contributed by atoms with Gasteiger partial charge in [-0.15, -0.1) is 0 Å². The number of likely N-dealkylation sites (tertiary alicyclic amines) is 1. The molecule has 0 radical (unpaired) electrons. The molecular formula is C18H32N2O4. The Kier molecular flexibility index (Phi) is 7.42. The van der Waals surface area contributed by atoms with Gasteiger partial charge in [-0.3, -0.25) is 0 Å². The van der Waals surface area contributed by atoms with E-state index in [1.54, 1.807) is 0 Å². The molecule has 0 aromatic carbocycles. The molecule has 6 nitrogen and oxygen atoms in total. The number of rotatable bonds is 5. The number of hydrogen-bond donors (Lipinski definition) is 3. The van der Waals surface area contributed by atoms with Crippen LogP contribution < -0.4 is 5.32 Å². The van der Waals surface area contributed by atoms with Crippen molar-refractivity contribution in [2.75, 3.05) is 32.7 Å². The lowest BCUT2D eigenvalue weighted by Gasteiger charge is -2.54. The van der Waals surface area contributed by atoms with Gasteiger partial charge in [0.05, 0.1) is 0 Å². The fraction of sp³-hybridized carbons (Fsp3) is 0.778. The number of aliphatic carboxylic acids is 2. The average Bonchev–Trinajstić information content (AvgIpc) is 2.41. The van der Waals surface area contributed by atoms with Crippen molar-refractivity contribution in [3.05, 3.63) is 12.2 Å². The number of nitrogens with one attached hydrogen (secondary N) is 1. The Hall–Kier alpha value is -1.40. The maximum Gasteiger partial charge on any atom is 0.328 e. The zero-order valence-corrected chi connectivity index (χ0v) is 15.3. The first-order valence-corrected chi connectivity index (χ1v) is 8.61. The first-order chi connectivity index (χ1) is 11.0. The fourth-order valence-electron chi connectivity index (χ4n) is 3.92. The molecule has 2 atom stereocenters. The Morgan fingerprint density at radius 1 is 1.08 bits per heavy atom. The summed E-state index contributed by atoms with van der Waals surface area (Å²) in [6.07, 6.45) is 3.87. The SMILES string of the molecule is CC(C)CCN1CC2(C)CNCC(C)(C1)C2.O=C(O)/C=C/C(=O)O. The van der Waals surface area contributed by atoms with Crippen LogP contribution in [0.5, 0.6) is 0 Å². The van der Waals surface area contributed by atoms with Crippen LogP contribution in [0.3, 0.4) is 0 Å². The van der Waals surface area contributed by atoms with Crippen LogP contribution in [0.4, 0.5) is 0 Å². The van der Waals surface area contributed by atoms with Crippen LogP contribution in [0.25, 0.3) is 0 Å². The molecule has 138 valence electrons.